The molecule has 0 radical (unpaired) electrons. The Balaban J connectivity index is 2.39. The fourth-order valence-corrected chi connectivity index (χ4v) is 1.80. The third kappa shape index (κ3) is 4.56. The number of hydrogen-bond acceptors (Lipinski definition) is 3. The predicted octanol–water partition coefficient (Wildman–Crippen LogP) is 0.761. The van der Waals surface area contributed by atoms with Crippen molar-refractivity contribution in [2.45, 2.75) is 32.7 Å². The van der Waals surface area contributed by atoms with Gasteiger partial charge in [-0.25, -0.2) is 14.6 Å². The normalized spacial score (nSPS) is 13.6. The lowest BCUT2D eigenvalue weighted by Gasteiger charge is -2.20. The Bertz CT molecular complexity index is 458. The number of carbonyl (C=O) groups is 2. The molecule has 20 heavy (non-hydrogen) atoms. The second-order valence-electron chi connectivity index (χ2n) is 4.81. The summed E-state index contributed by atoms with van der Waals surface area (Å²) in [5.41, 5.74) is 0. The standard InChI is InChI=1S/C13H22N4O3/c1-4-9(2)11(12(18)19)16-13(20)15-6-5-10-14-7-8-17(10)3/h7-9,11H,4-6H2,1-3H3,(H,18,19)(H2,15,16,20)/t9-,11-/m0/s1. The molecule has 1 rings (SSSR count). The summed E-state index contributed by atoms with van der Waals surface area (Å²) in [5, 5.41) is 14.2. The molecule has 2 atom stereocenters. The van der Waals surface area contributed by atoms with E-state index in [1.807, 2.05) is 24.7 Å². The zero-order valence-corrected chi connectivity index (χ0v) is 12.1. The molecule has 0 aliphatic rings. The maximum Gasteiger partial charge on any atom is 0.326 e. The summed E-state index contributed by atoms with van der Waals surface area (Å²) < 4.78 is 1.87. The minimum atomic E-state index is -1.02. The number of rotatable bonds is 7. The van der Waals surface area contributed by atoms with Crippen molar-refractivity contribution in [3.8, 4) is 0 Å². The fourth-order valence-electron chi connectivity index (χ4n) is 1.80. The van der Waals surface area contributed by atoms with E-state index in [-0.39, 0.29) is 5.92 Å². The molecule has 0 aliphatic carbocycles. The van der Waals surface area contributed by atoms with Crippen LogP contribution in [0.2, 0.25) is 0 Å². The van der Waals surface area contributed by atoms with Crippen LogP contribution in [-0.4, -0.2) is 39.2 Å². The second-order valence-corrected chi connectivity index (χ2v) is 4.81. The summed E-state index contributed by atoms with van der Waals surface area (Å²) in [4.78, 5) is 26.9. The van der Waals surface area contributed by atoms with Gasteiger partial charge in [-0.1, -0.05) is 20.3 Å². The number of aryl methyl sites for hydroxylation is 1. The van der Waals surface area contributed by atoms with E-state index in [9.17, 15) is 9.59 Å². The smallest absolute Gasteiger partial charge is 0.326 e. The van der Waals surface area contributed by atoms with Gasteiger partial charge < -0.3 is 20.3 Å². The van der Waals surface area contributed by atoms with Crippen LogP contribution >= 0.6 is 0 Å². The van der Waals surface area contributed by atoms with E-state index in [1.54, 1.807) is 13.1 Å². The quantitative estimate of drug-likeness (QED) is 0.688. The maximum atomic E-state index is 11.7. The van der Waals surface area contributed by atoms with Gasteiger partial charge in [-0.2, -0.15) is 0 Å². The molecule has 2 amide bonds. The molecule has 0 fully saturated rings. The third-order valence-corrected chi connectivity index (χ3v) is 3.32. The molecule has 1 aromatic rings. The summed E-state index contributed by atoms with van der Waals surface area (Å²) in [6.07, 6.45) is 4.81. The van der Waals surface area contributed by atoms with Crippen LogP contribution in [0.4, 0.5) is 4.79 Å². The van der Waals surface area contributed by atoms with Gasteiger partial charge in [-0.05, 0) is 5.92 Å². The number of hydrogen-bond donors (Lipinski definition) is 3. The number of imidazole rings is 1. The average Bonchev–Trinajstić information content (AvgIpc) is 2.80. The van der Waals surface area contributed by atoms with Crippen LogP contribution in [0, 0.1) is 5.92 Å². The Hall–Kier alpha value is -2.05. The molecular formula is C13H22N4O3. The van der Waals surface area contributed by atoms with Crippen molar-refractivity contribution in [2.24, 2.45) is 13.0 Å². The molecular weight excluding hydrogens is 260 g/mol. The van der Waals surface area contributed by atoms with Crippen molar-refractivity contribution in [1.29, 1.82) is 0 Å². The molecule has 3 N–H and O–H groups in total. The lowest BCUT2D eigenvalue weighted by molar-refractivity contribution is -0.140. The first kappa shape index (κ1) is 16.0. The van der Waals surface area contributed by atoms with Gasteiger partial charge in [0.15, 0.2) is 0 Å². The topological polar surface area (TPSA) is 96.3 Å². The summed E-state index contributed by atoms with van der Waals surface area (Å²) in [5.74, 6) is -0.270. The van der Waals surface area contributed by atoms with Crippen LogP contribution in [0.3, 0.4) is 0 Å². The molecule has 1 aromatic heterocycles. The van der Waals surface area contributed by atoms with Gasteiger partial charge in [0.25, 0.3) is 0 Å². The van der Waals surface area contributed by atoms with Crippen molar-refractivity contribution in [2.75, 3.05) is 6.54 Å². The predicted molar refractivity (Wildman–Crippen MR) is 74.3 cm³/mol. The van der Waals surface area contributed by atoms with E-state index in [1.165, 1.54) is 0 Å². The Morgan fingerprint density at radius 2 is 2.20 bits per heavy atom. The number of nitrogens with one attached hydrogen (secondary N) is 2. The number of nitrogens with zero attached hydrogens (tertiary/aromatic N) is 2. The molecule has 0 aliphatic heterocycles. The zero-order chi connectivity index (χ0) is 15.1. The molecule has 7 nitrogen and oxygen atoms in total. The summed E-state index contributed by atoms with van der Waals surface area (Å²) in [7, 11) is 1.88. The minimum absolute atomic E-state index is 0.118. The Kier molecular flexibility index (Phi) is 6.02. The molecule has 0 saturated heterocycles. The van der Waals surface area contributed by atoms with Gasteiger partial charge in [-0.15, -0.1) is 0 Å². The number of aliphatic carboxylic acids is 1. The van der Waals surface area contributed by atoms with Crippen molar-refractivity contribution < 1.29 is 14.7 Å². The molecule has 0 saturated carbocycles. The van der Waals surface area contributed by atoms with E-state index in [4.69, 9.17) is 5.11 Å². The minimum Gasteiger partial charge on any atom is -0.480 e. The number of urea groups is 1. The molecule has 112 valence electrons. The number of carbonyl (C=O) groups excluding carboxylic acids is 1. The lowest BCUT2D eigenvalue weighted by Crippen LogP contribution is -2.49. The first-order valence-electron chi connectivity index (χ1n) is 6.69. The zero-order valence-electron chi connectivity index (χ0n) is 12.1. The van der Waals surface area contributed by atoms with E-state index < -0.39 is 18.0 Å². The van der Waals surface area contributed by atoms with E-state index in [2.05, 4.69) is 15.6 Å². The van der Waals surface area contributed by atoms with Crippen molar-refractivity contribution in [3.05, 3.63) is 18.2 Å². The number of aromatic nitrogens is 2. The van der Waals surface area contributed by atoms with Crippen LogP contribution in [0.15, 0.2) is 12.4 Å². The Labute approximate surface area is 118 Å². The van der Waals surface area contributed by atoms with Gasteiger partial charge in [-0.3, -0.25) is 0 Å². The Morgan fingerprint density at radius 3 is 2.70 bits per heavy atom. The highest BCUT2D eigenvalue weighted by molar-refractivity contribution is 5.82. The molecule has 7 heteroatoms. The maximum absolute atomic E-state index is 11.7. The first-order valence-corrected chi connectivity index (χ1v) is 6.69. The van der Waals surface area contributed by atoms with Crippen molar-refractivity contribution in [1.82, 2.24) is 20.2 Å². The summed E-state index contributed by atoms with van der Waals surface area (Å²) in [6, 6.07) is -1.33. The molecule has 0 bridgehead atoms. The van der Waals surface area contributed by atoms with Crippen LogP contribution in [0.1, 0.15) is 26.1 Å². The second kappa shape index (κ2) is 7.52. The summed E-state index contributed by atoms with van der Waals surface area (Å²) >= 11 is 0. The molecule has 0 unspecified atom stereocenters. The highest BCUT2D eigenvalue weighted by atomic mass is 16.4. The highest BCUT2D eigenvalue weighted by Gasteiger charge is 2.24. The van der Waals surface area contributed by atoms with E-state index in [0.717, 1.165) is 5.82 Å². The van der Waals surface area contributed by atoms with Crippen LogP contribution in [0.5, 0.6) is 0 Å². The van der Waals surface area contributed by atoms with Crippen LogP contribution < -0.4 is 10.6 Å². The van der Waals surface area contributed by atoms with Gasteiger partial charge >= 0.3 is 12.0 Å². The highest BCUT2D eigenvalue weighted by Crippen LogP contribution is 2.07. The van der Waals surface area contributed by atoms with Gasteiger partial charge in [0, 0.05) is 32.4 Å². The fraction of sp³-hybridized carbons (Fsp3) is 0.615. The monoisotopic (exact) mass is 282 g/mol. The van der Waals surface area contributed by atoms with Crippen molar-refractivity contribution in [3.63, 3.8) is 0 Å². The van der Waals surface area contributed by atoms with Crippen molar-refractivity contribution >= 4 is 12.0 Å². The average molecular weight is 282 g/mol. The van der Waals surface area contributed by atoms with E-state index in [0.29, 0.717) is 19.4 Å². The largest absolute Gasteiger partial charge is 0.480 e. The van der Waals surface area contributed by atoms with Gasteiger partial charge in [0.1, 0.15) is 11.9 Å². The Morgan fingerprint density at radius 1 is 1.50 bits per heavy atom. The molecule has 0 aromatic carbocycles. The third-order valence-electron chi connectivity index (χ3n) is 3.32. The van der Waals surface area contributed by atoms with Gasteiger partial charge in [0.2, 0.25) is 0 Å². The lowest BCUT2D eigenvalue weighted by atomic mass is 9.99. The van der Waals surface area contributed by atoms with Crippen LogP contribution in [-0.2, 0) is 18.3 Å². The number of carboxylic acids is 1. The molecule has 1 heterocycles. The molecule has 0 spiro atoms. The van der Waals surface area contributed by atoms with Gasteiger partial charge in [0.05, 0.1) is 0 Å². The SMILES string of the molecule is CC[C@H](C)[C@H](NC(=O)NCCc1nccn1C)C(=O)O. The number of amides is 2. The summed E-state index contributed by atoms with van der Waals surface area (Å²) in [6.45, 7) is 4.09. The number of carboxylic acid groups (broad SMARTS) is 1. The van der Waals surface area contributed by atoms with Crippen LogP contribution in [0.25, 0.3) is 0 Å². The first-order chi connectivity index (χ1) is 9.45. The van der Waals surface area contributed by atoms with E-state index >= 15 is 0 Å².